The molecule has 0 atom stereocenters. The second-order valence-corrected chi connectivity index (χ2v) is 12.5. The molecule has 29 heteroatoms. The molecule has 4 nitrogen and oxygen atoms in total. The molecule has 0 aromatic heterocycles. The third kappa shape index (κ3) is 14.7. The largest absolute Gasteiger partial charge is 0.864 e. The van der Waals surface area contributed by atoms with E-state index in [0.29, 0.717) is 12.1 Å². The Kier molecular flexibility index (Phi) is 15.5. The maximum atomic E-state index is 14.1. The lowest BCUT2D eigenvalue weighted by molar-refractivity contribution is -0.149. The highest BCUT2D eigenvalue weighted by Gasteiger charge is 2.47. The van der Waals surface area contributed by atoms with Gasteiger partial charge in [-0.05, 0) is 42.5 Å². The SMILES string of the molecule is CC[O+](CC)c1c(OB(Oc2cc(C(F)(F)F)cc(C(F)(F)F)c2)Oc2cc(C(F)(F)F)cc(C(F)(F)F)c2)cc(C(F)(F)F)cc1C(F)(F)F.FC(F)(F)c1c[c-]cc(C(F)(F)F)c1. The maximum Gasteiger partial charge on any atom is 0.864 e. The van der Waals surface area contributed by atoms with Gasteiger partial charge in [0.1, 0.15) is 11.5 Å². The van der Waals surface area contributed by atoms with Crippen molar-refractivity contribution in [3.63, 3.8) is 0 Å². The molecule has 0 amide bonds. The average molecular weight is 984 g/mol. The number of benzene rings is 4. The molecule has 0 saturated heterocycles. The molecule has 0 unspecified atom stereocenters. The van der Waals surface area contributed by atoms with E-state index < -0.39 is 156 Å². The monoisotopic (exact) mass is 984 g/mol. The molecule has 4 rings (SSSR count). The minimum absolute atomic E-state index is 0.0521. The molecule has 360 valence electrons. The molecule has 0 aliphatic carbocycles. The summed E-state index contributed by atoms with van der Waals surface area (Å²) in [5.74, 6) is -6.14. The highest BCUT2D eigenvalue weighted by atomic mass is 19.4. The summed E-state index contributed by atoms with van der Waals surface area (Å²) in [5.41, 5.74) is -15.4. The number of rotatable bonds is 9. The topological polar surface area (TPSA) is 30.4 Å². The molecule has 0 aliphatic rings. The summed E-state index contributed by atoms with van der Waals surface area (Å²) in [6, 6.07) is 0.562. The summed E-state index contributed by atoms with van der Waals surface area (Å²) in [6.07, 6.45) is -43.1. The van der Waals surface area contributed by atoms with Crippen LogP contribution in [0.15, 0.2) is 66.7 Å². The molecule has 4 aromatic rings. The van der Waals surface area contributed by atoms with Gasteiger partial charge in [-0.1, -0.05) is 11.1 Å². The van der Waals surface area contributed by atoms with E-state index in [1.165, 1.54) is 0 Å². The number of alkyl halides is 24. The molecule has 0 spiro atoms. The first-order valence-corrected chi connectivity index (χ1v) is 16.9. The lowest BCUT2D eigenvalue weighted by Gasteiger charge is -2.28. The number of halogens is 24. The Morgan fingerprint density at radius 3 is 0.954 bits per heavy atom. The van der Waals surface area contributed by atoms with Gasteiger partial charge >= 0.3 is 62.5 Å². The van der Waals surface area contributed by atoms with Crippen LogP contribution in [0.3, 0.4) is 0 Å². The Hall–Kier alpha value is -5.54. The Morgan fingerprint density at radius 1 is 0.385 bits per heavy atom. The summed E-state index contributed by atoms with van der Waals surface area (Å²) in [6.45, 7) is 1.28. The first-order valence-electron chi connectivity index (χ1n) is 16.9. The Balaban J connectivity index is 0.000000680. The van der Waals surface area contributed by atoms with Crippen LogP contribution in [-0.4, -0.2) is 20.5 Å². The van der Waals surface area contributed by atoms with Crippen molar-refractivity contribution in [2.45, 2.75) is 63.3 Å². The van der Waals surface area contributed by atoms with E-state index in [0.717, 1.165) is 13.8 Å². The predicted molar refractivity (Wildman–Crippen MR) is 174 cm³/mol. The fraction of sp³-hybridized carbons (Fsp3) is 0.333. The van der Waals surface area contributed by atoms with Crippen LogP contribution in [0.5, 0.6) is 23.0 Å². The van der Waals surface area contributed by atoms with E-state index in [1.54, 1.807) is 10.4 Å². The molecule has 0 bridgehead atoms. The molecule has 0 radical (unpaired) electrons. The van der Waals surface area contributed by atoms with Gasteiger partial charge in [-0.3, -0.25) is 0 Å². The van der Waals surface area contributed by atoms with Gasteiger partial charge < -0.3 is 18.3 Å². The van der Waals surface area contributed by atoms with Crippen molar-refractivity contribution in [2.24, 2.45) is 0 Å². The van der Waals surface area contributed by atoms with Crippen molar-refractivity contribution in [1.29, 1.82) is 0 Å². The van der Waals surface area contributed by atoms with Gasteiger partial charge in [0.15, 0.2) is 18.8 Å². The third-order valence-electron chi connectivity index (χ3n) is 7.93. The highest BCUT2D eigenvalue weighted by Crippen LogP contribution is 2.50. The zero-order chi connectivity index (χ0) is 50.1. The Morgan fingerprint density at radius 2 is 0.677 bits per heavy atom. The van der Waals surface area contributed by atoms with Crippen LogP contribution in [0.4, 0.5) is 105 Å². The van der Waals surface area contributed by atoms with E-state index in [9.17, 15) is 105 Å². The summed E-state index contributed by atoms with van der Waals surface area (Å²) in [7, 11) is -3.28. The van der Waals surface area contributed by atoms with Crippen molar-refractivity contribution in [2.75, 3.05) is 13.2 Å². The van der Waals surface area contributed by atoms with Gasteiger partial charge in [-0.25, -0.2) is 0 Å². The van der Waals surface area contributed by atoms with Crippen LogP contribution < -0.4 is 14.0 Å². The Bertz CT molecular complexity index is 2070. The fourth-order valence-electron chi connectivity index (χ4n) is 5.04. The van der Waals surface area contributed by atoms with Crippen LogP contribution >= 0.6 is 0 Å². The molecule has 0 heterocycles. The van der Waals surface area contributed by atoms with Crippen molar-refractivity contribution in [1.82, 2.24) is 0 Å². The molecule has 0 fully saturated rings. The van der Waals surface area contributed by atoms with Gasteiger partial charge in [0, 0.05) is 19.9 Å². The normalized spacial score (nSPS) is 13.2. The molecule has 0 saturated carbocycles. The van der Waals surface area contributed by atoms with Crippen LogP contribution in [0.1, 0.15) is 58.4 Å². The molecule has 4 aromatic carbocycles. The molecular formula is C36H21BF24O4. The number of hydrogen-bond acceptors (Lipinski definition) is 3. The summed E-state index contributed by atoms with van der Waals surface area (Å²) >= 11 is 0. The summed E-state index contributed by atoms with van der Waals surface area (Å²) in [4.78, 5) is 0. The van der Waals surface area contributed by atoms with Gasteiger partial charge in [-0.15, -0.1) is 6.07 Å². The quantitative estimate of drug-likeness (QED) is 0.0725. The lowest BCUT2D eigenvalue weighted by atomic mass is 10.0. The van der Waals surface area contributed by atoms with Crippen LogP contribution in [0.25, 0.3) is 0 Å². The van der Waals surface area contributed by atoms with E-state index in [1.807, 2.05) is 0 Å². The van der Waals surface area contributed by atoms with Gasteiger partial charge in [0.25, 0.3) is 0 Å². The van der Waals surface area contributed by atoms with E-state index in [2.05, 4.69) is 0 Å². The van der Waals surface area contributed by atoms with Crippen LogP contribution in [0.2, 0.25) is 0 Å². The molecule has 0 aliphatic heterocycles. The average Bonchev–Trinajstić information content (AvgIpc) is 3.13. The molecule has 0 N–H and O–H groups in total. The van der Waals surface area contributed by atoms with Crippen molar-refractivity contribution >= 4 is 7.32 Å². The summed E-state index contributed by atoms with van der Waals surface area (Å²) in [5, 5.41) is 0. The zero-order valence-corrected chi connectivity index (χ0v) is 31.5. The Labute approximate surface area is 348 Å². The third-order valence-corrected chi connectivity index (χ3v) is 7.93. The van der Waals surface area contributed by atoms with E-state index in [4.69, 9.17) is 14.0 Å². The zero-order valence-electron chi connectivity index (χ0n) is 31.5. The predicted octanol–water partition coefficient (Wildman–Crippen LogP) is 15.2. The fourth-order valence-corrected chi connectivity index (χ4v) is 5.04. The first kappa shape index (κ1) is 53.8. The van der Waals surface area contributed by atoms with Crippen LogP contribution in [-0.2, 0) is 53.8 Å². The minimum atomic E-state index is -5.65. The van der Waals surface area contributed by atoms with Gasteiger partial charge in [0.05, 0.1) is 27.8 Å². The smallest absolute Gasteiger partial charge is 0.569 e. The lowest BCUT2D eigenvalue weighted by Crippen LogP contribution is -2.38. The molecule has 65 heavy (non-hydrogen) atoms. The second kappa shape index (κ2) is 18.8. The summed E-state index contributed by atoms with van der Waals surface area (Å²) < 4.78 is 334. The van der Waals surface area contributed by atoms with Crippen molar-refractivity contribution < 1.29 is 124 Å². The van der Waals surface area contributed by atoms with E-state index >= 15 is 0 Å². The van der Waals surface area contributed by atoms with Crippen molar-refractivity contribution in [3.05, 3.63) is 117 Å². The molecular weight excluding hydrogens is 963 g/mol. The standard InChI is InChI=1S/C28H18BF18O4.C8H3F6/c1-3-51(4-2)22-20(28(45,46)47)11-17(27(42,43)44)12-21(22)50-29(48-18-7-13(23(30,31)32)5-14(8-18)24(33,34)35)49-19-9-15(25(36,37)38)6-16(10-19)26(39,40)41;9-7(10,11)5-2-1-3-6(4-5)8(12,13)14/h5-12H,3-4H2,1-2H3;2-4H/q+1;-1. The second-order valence-electron chi connectivity index (χ2n) is 12.5. The number of hydrogen-bond donors (Lipinski definition) is 0. The first-order chi connectivity index (χ1) is 29.2. The van der Waals surface area contributed by atoms with Gasteiger partial charge in [-0.2, -0.15) is 124 Å². The van der Waals surface area contributed by atoms with Crippen molar-refractivity contribution in [3.8, 4) is 23.0 Å². The highest BCUT2D eigenvalue weighted by molar-refractivity contribution is 6.39. The van der Waals surface area contributed by atoms with E-state index in [-0.39, 0.29) is 36.4 Å². The minimum Gasteiger partial charge on any atom is -0.569 e. The van der Waals surface area contributed by atoms with Crippen LogP contribution in [0, 0.1) is 6.07 Å². The van der Waals surface area contributed by atoms with Gasteiger partial charge in [0.2, 0.25) is 5.75 Å². The maximum absolute atomic E-state index is 14.1.